The van der Waals surface area contributed by atoms with E-state index in [-0.39, 0.29) is 0 Å². The fraction of sp³-hybridized carbons (Fsp3) is 0.143. The lowest BCUT2D eigenvalue weighted by Crippen LogP contribution is -2.06. The summed E-state index contributed by atoms with van der Waals surface area (Å²) < 4.78 is 12.5. The number of hydrogen-bond donors (Lipinski definition) is 1. The maximum atomic E-state index is 6.25. The second kappa shape index (κ2) is 9.36. The lowest BCUT2D eigenvalue weighted by atomic mass is 10.1. The lowest BCUT2D eigenvalue weighted by Gasteiger charge is -2.17. The van der Waals surface area contributed by atoms with Gasteiger partial charge in [-0.1, -0.05) is 69.5 Å². The van der Waals surface area contributed by atoms with Crippen LogP contribution in [0.5, 0.6) is 11.5 Å². The fourth-order valence-corrected chi connectivity index (χ4v) is 3.58. The minimum Gasteiger partial charge on any atom is -0.493 e. The zero-order valence-corrected chi connectivity index (χ0v) is 17.7. The Morgan fingerprint density at radius 2 is 1.78 bits per heavy atom. The van der Waals surface area contributed by atoms with Gasteiger partial charge in [-0.25, -0.2) is 0 Å². The van der Waals surface area contributed by atoms with E-state index in [9.17, 15) is 0 Å². The summed E-state index contributed by atoms with van der Waals surface area (Å²) in [5, 5.41) is 4.49. The van der Waals surface area contributed by atoms with Gasteiger partial charge in [-0.15, -0.1) is 0 Å². The van der Waals surface area contributed by atoms with Gasteiger partial charge in [0.1, 0.15) is 6.61 Å². The molecule has 0 atom stereocenters. The van der Waals surface area contributed by atoms with Crippen LogP contribution in [-0.2, 0) is 13.2 Å². The molecule has 3 rings (SSSR count). The van der Waals surface area contributed by atoms with Crippen LogP contribution < -0.4 is 14.8 Å². The van der Waals surface area contributed by atoms with Crippen LogP contribution in [0.2, 0.25) is 10.0 Å². The number of rotatable bonds is 7. The quantitative estimate of drug-likeness (QED) is 0.408. The largest absolute Gasteiger partial charge is 0.493 e. The van der Waals surface area contributed by atoms with Gasteiger partial charge in [-0.2, -0.15) is 0 Å². The normalized spacial score (nSPS) is 10.5. The summed E-state index contributed by atoms with van der Waals surface area (Å²) in [5.74, 6) is 1.36. The molecular formula is C21H18BrCl2NO2. The summed E-state index contributed by atoms with van der Waals surface area (Å²) >= 11 is 15.7. The predicted octanol–water partition coefficient (Wildman–Crippen LogP) is 6.96. The number of benzene rings is 3. The third kappa shape index (κ3) is 5.32. The predicted molar refractivity (Wildman–Crippen MR) is 115 cm³/mol. The molecule has 0 aromatic heterocycles. The van der Waals surface area contributed by atoms with Gasteiger partial charge in [0.2, 0.25) is 0 Å². The molecule has 140 valence electrons. The van der Waals surface area contributed by atoms with Gasteiger partial charge < -0.3 is 14.8 Å². The Hall–Kier alpha value is -1.88. The van der Waals surface area contributed by atoms with Crippen molar-refractivity contribution in [1.82, 2.24) is 0 Å². The van der Waals surface area contributed by atoms with E-state index in [2.05, 4.69) is 21.2 Å². The van der Waals surface area contributed by atoms with Gasteiger partial charge in [0.05, 0.1) is 17.8 Å². The van der Waals surface area contributed by atoms with Crippen LogP contribution in [0, 0.1) is 0 Å². The Morgan fingerprint density at radius 3 is 2.48 bits per heavy atom. The number of ether oxygens (including phenoxy) is 2. The third-order valence-corrected chi connectivity index (χ3v) is 4.95. The summed E-state index contributed by atoms with van der Waals surface area (Å²) in [6.07, 6.45) is 0. The minimum absolute atomic E-state index is 0.452. The van der Waals surface area contributed by atoms with E-state index in [1.54, 1.807) is 19.2 Å². The molecule has 0 amide bonds. The van der Waals surface area contributed by atoms with E-state index in [4.69, 9.17) is 32.7 Å². The average molecular weight is 467 g/mol. The highest BCUT2D eigenvalue weighted by Crippen LogP contribution is 2.36. The maximum absolute atomic E-state index is 6.25. The second-order valence-electron chi connectivity index (χ2n) is 5.85. The van der Waals surface area contributed by atoms with Crippen molar-refractivity contribution in [3.05, 3.63) is 86.3 Å². The highest BCUT2D eigenvalue weighted by atomic mass is 79.9. The molecule has 0 spiro atoms. The van der Waals surface area contributed by atoms with Crippen LogP contribution in [-0.4, -0.2) is 7.11 Å². The smallest absolute Gasteiger partial charge is 0.166 e. The highest BCUT2D eigenvalue weighted by molar-refractivity contribution is 9.10. The number of halogens is 3. The molecule has 6 heteroatoms. The fourth-order valence-electron chi connectivity index (χ4n) is 2.62. The highest BCUT2D eigenvalue weighted by Gasteiger charge is 2.14. The first kappa shape index (κ1) is 19.9. The van der Waals surface area contributed by atoms with Crippen molar-refractivity contribution in [1.29, 1.82) is 0 Å². The average Bonchev–Trinajstić information content (AvgIpc) is 2.66. The van der Waals surface area contributed by atoms with Gasteiger partial charge in [0.15, 0.2) is 11.5 Å². The lowest BCUT2D eigenvalue weighted by molar-refractivity contribution is 0.281. The van der Waals surface area contributed by atoms with Crippen molar-refractivity contribution in [2.45, 2.75) is 13.2 Å². The van der Waals surface area contributed by atoms with Gasteiger partial charge in [-0.05, 0) is 35.9 Å². The topological polar surface area (TPSA) is 30.5 Å². The van der Waals surface area contributed by atoms with Crippen LogP contribution in [0.3, 0.4) is 0 Å². The Labute approximate surface area is 177 Å². The number of methoxy groups -OCH3 is 1. The van der Waals surface area contributed by atoms with Crippen LogP contribution in [0.1, 0.15) is 11.1 Å². The Morgan fingerprint density at radius 1 is 1.00 bits per heavy atom. The summed E-state index contributed by atoms with van der Waals surface area (Å²) in [6.45, 7) is 0.967. The summed E-state index contributed by atoms with van der Waals surface area (Å²) in [5.41, 5.74) is 2.83. The Bertz CT molecular complexity index is 920. The Kier molecular flexibility index (Phi) is 6.89. The molecule has 0 radical (unpaired) electrons. The van der Waals surface area contributed by atoms with E-state index in [0.717, 1.165) is 21.3 Å². The molecule has 0 aliphatic carbocycles. The SMILES string of the molecule is COc1cc(Br)cc(CNc2ccc(Cl)cc2Cl)c1OCc1ccccc1. The van der Waals surface area contributed by atoms with Crippen LogP contribution >= 0.6 is 39.1 Å². The molecule has 0 aliphatic heterocycles. The molecule has 27 heavy (non-hydrogen) atoms. The summed E-state index contributed by atoms with van der Waals surface area (Å²) in [7, 11) is 1.63. The molecule has 0 saturated heterocycles. The first-order valence-electron chi connectivity index (χ1n) is 8.29. The van der Waals surface area contributed by atoms with Crippen molar-refractivity contribution in [2.75, 3.05) is 12.4 Å². The Balaban J connectivity index is 1.83. The third-order valence-electron chi connectivity index (χ3n) is 3.94. The van der Waals surface area contributed by atoms with Crippen molar-refractivity contribution in [2.24, 2.45) is 0 Å². The monoisotopic (exact) mass is 465 g/mol. The number of anilines is 1. The molecule has 3 aromatic carbocycles. The van der Waals surface area contributed by atoms with Crippen LogP contribution in [0.25, 0.3) is 0 Å². The summed E-state index contributed by atoms with van der Waals surface area (Å²) in [6, 6.07) is 19.3. The van der Waals surface area contributed by atoms with Crippen LogP contribution in [0.4, 0.5) is 5.69 Å². The number of hydrogen-bond acceptors (Lipinski definition) is 3. The van der Waals surface area contributed by atoms with E-state index in [1.807, 2.05) is 48.5 Å². The summed E-state index contributed by atoms with van der Waals surface area (Å²) in [4.78, 5) is 0. The van der Waals surface area contributed by atoms with Crippen molar-refractivity contribution >= 4 is 44.8 Å². The van der Waals surface area contributed by atoms with Crippen molar-refractivity contribution < 1.29 is 9.47 Å². The zero-order valence-electron chi connectivity index (χ0n) is 14.6. The van der Waals surface area contributed by atoms with E-state index >= 15 is 0 Å². The standard InChI is InChI=1S/C21H18BrCl2NO2/c1-26-20-10-16(22)9-15(12-25-19-8-7-17(23)11-18(19)24)21(20)27-13-14-5-3-2-4-6-14/h2-11,25H,12-13H2,1H3. The molecule has 0 fully saturated rings. The van der Waals surface area contributed by atoms with Crippen molar-refractivity contribution in [3.8, 4) is 11.5 Å². The zero-order chi connectivity index (χ0) is 19.2. The molecule has 1 N–H and O–H groups in total. The molecule has 0 saturated carbocycles. The van der Waals surface area contributed by atoms with Crippen LogP contribution in [0.15, 0.2) is 65.1 Å². The van der Waals surface area contributed by atoms with Gasteiger partial charge in [-0.3, -0.25) is 0 Å². The maximum Gasteiger partial charge on any atom is 0.166 e. The van der Waals surface area contributed by atoms with Gasteiger partial charge in [0.25, 0.3) is 0 Å². The molecule has 0 aliphatic rings. The molecule has 3 aromatic rings. The number of nitrogens with one attached hydrogen (secondary N) is 1. The molecular weight excluding hydrogens is 449 g/mol. The van der Waals surface area contributed by atoms with E-state index in [0.29, 0.717) is 34.7 Å². The first-order chi connectivity index (χ1) is 13.1. The minimum atomic E-state index is 0.452. The van der Waals surface area contributed by atoms with E-state index in [1.165, 1.54) is 0 Å². The first-order valence-corrected chi connectivity index (χ1v) is 9.84. The van der Waals surface area contributed by atoms with E-state index < -0.39 is 0 Å². The molecule has 0 bridgehead atoms. The van der Waals surface area contributed by atoms with Gasteiger partial charge in [0, 0.05) is 21.6 Å². The molecule has 0 unspecified atom stereocenters. The molecule has 0 heterocycles. The van der Waals surface area contributed by atoms with Crippen molar-refractivity contribution in [3.63, 3.8) is 0 Å². The molecule has 3 nitrogen and oxygen atoms in total. The van der Waals surface area contributed by atoms with Gasteiger partial charge >= 0.3 is 0 Å². The second-order valence-corrected chi connectivity index (χ2v) is 7.61.